The van der Waals surface area contributed by atoms with E-state index in [2.05, 4.69) is 30.0 Å². The number of rotatable bonds is 21. The lowest BCUT2D eigenvalue weighted by atomic mass is 9.98. The fraction of sp³-hybridized carbons (Fsp3) is 0.407. The Hall–Kier alpha value is -7.23. The number of hydrogen-bond acceptors (Lipinski definition) is 12. The van der Waals surface area contributed by atoms with Crippen LogP contribution in [0.25, 0.3) is 0 Å². The number of carbonyl (C=O) groups excluding carboxylic acids is 5. The number of aryl methyl sites for hydroxylation is 3. The van der Waals surface area contributed by atoms with Crippen molar-refractivity contribution in [2.75, 3.05) is 61.3 Å². The Kier molecular flexibility index (Phi) is 15.3. The van der Waals surface area contributed by atoms with Gasteiger partial charge < -0.3 is 43.2 Å². The number of hydrogen-bond donors (Lipinski definition) is 0. The number of para-hydroxylation sites is 2. The second-order valence-electron chi connectivity index (χ2n) is 19.8. The van der Waals surface area contributed by atoms with Crippen LogP contribution in [0, 0.1) is 6.92 Å². The summed E-state index contributed by atoms with van der Waals surface area (Å²) in [7, 11) is 1.58. The largest absolute Gasteiger partial charge is 0.493 e. The van der Waals surface area contributed by atoms with Crippen molar-refractivity contribution in [3.05, 3.63) is 141 Å². The third-order valence-electron chi connectivity index (χ3n) is 14.8. The van der Waals surface area contributed by atoms with Crippen molar-refractivity contribution in [3.8, 4) is 17.2 Å². The molecule has 4 amide bonds. The highest BCUT2D eigenvalue weighted by Crippen LogP contribution is 2.42. The number of imide groups is 1. The number of ether oxygens (including phenoxy) is 5. The van der Waals surface area contributed by atoms with Crippen molar-refractivity contribution in [1.82, 2.24) is 5.06 Å². The first kappa shape index (κ1) is 50.3. The van der Waals surface area contributed by atoms with E-state index < -0.39 is 17.8 Å². The van der Waals surface area contributed by atoms with Gasteiger partial charge in [0.1, 0.15) is 19.0 Å². The standard InChI is InChI=1S/C59H64N4O11/c1-4-23-70-25-26-71-24-22-60(21-9-14-57(66)74-63-55(64)19-20-56(63)65)47-29-39(36-72-52-33-41-15-17-45-31-43-10-5-7-12-50(43)61(45)58(67)48(41)27-38(52)2)28-40(30-47)37-73-54-34-42-16-18-46-32-44-11-6-8-13-51(44)62(46)59(68)49(42)35-53(54)69-3/h5-8,10-13,27-30,33-35,45-46H,4,9,14-26,31-32,36-37H2,1-3H3/t45-,46-/m1/s1. The van der Waals surface area contributed by atoms with Gasteiger partial charge in [-0.15, -0.1) is 5.06 Å². The molecular weight excluding hydrogens is 941 g/mol. The number of methoxy groups -OCH3 is 1. The third kappa shape index (κ3) is 10.7. The van der Waals surface area contributed by atoms with Crippen LogP contribution in [0.2, 0.25) is 0 Å². The van der Waals surface area contributed by atoms with Crippen molar-refractivity contribution in [2.45, 2.75) is 110 Å². The summed E-state index contributed by atoms with van der Waals surface area (Å²) >= 11 is 0. The van der Waals surface area contributed by atoms with Crippen LogP contribution < -0.4 is 28.9 Å². The van der Waals surface area contributed by atoms with E-state index in [1.165, 1.54) is 11.1 Å². The summed E-state index contributed by atoms with van der Waals surface area (Å²) in [4.78, 5) is 77.0. The van der Waals surface area contributed by atoms with Gasteiger partial charge >= 0.3 is 5.97 Å². The molecule has 0 bridgehead atoms. The average Bonchev–Trinajstić information content (AvgIpc) is 4.04. The topological polar surface area (TPSA) is 154 Å². The Morgan fingerprint density at radius 3 is 1.80 bits per heavy atom. The number of nitrogens with zero attached hydrogens (tertiary/aromatic N) is 4. The Labute approximate surface area is 432 Å². The molecule has 10 rings (SSSR count). The molecule has 15 nitrogen and oxygen atoms in total. The molecule has 74 heavy (non-hydrogen) atoms. The molecule has 1 fully saturated rings. The van der Waals surface area contributed by atoms with E-state index in [1.54, 1.807) is 13.2 Å². The second kappa shape index (κ2) is 22.5. The Bertz CT molecular complexity index is 2940. The van der Waals surface area contributed by atoms with Gasteiger partial charge in [0.05, 0.1) is 26.9 Å². The molecule has 15 heteroatoms. The zero-order chi connectivity index (χ0) is 51.3. The van der Waals surface area contributed by atoms with Crippen molar-refractivity contribution in [1.29, 1.82) is 0 Å². The maximum Gasteiger partial charge on any atom is 0.333 e. The van der Waals surface area contributed by atoms with Gasteiger partial charge in [-0.05, 0) is 152 Å². The maximum absolute atomic E-state index is 14.2. The lowest BCUT2D eigenvalue weighted by Gasteiger charge is -2.26. The number of fused-ring (bicyclic) bond motifs is 8. The molecule has 0 unspecified atom stereocenters. The predicted molar refractivity (Wildman–Crippen MR) is 278 cm³/mol. The Morgan fingerprint density at radius 1 is 0.622 bits per heavy atom. The van der Waals surface area contributed by atoms with Crippen molar-refractivity contribution in [2.24, 2.45) is 0 Å². The van der Waals surface area contributed by atoms with E-state index in [0.29, 0.717) is 85.8 Å². The lowest BCUT2D eigenvalue weighted by molar-refractivity contribution is -0.197. The molecule has 0 radical (unpaired) electrons. The molecule has 5 aromatic carbocycles. The highest BCUT2D eigenvalue weighted by molar-refractivity contribution is 6.10. The van der Waals surface area contributed by atoms with Gasteiger partial charge in [0.15, 0.2) is 11.5 Å². The molecule has 0 aromatic heterocycles. The first-order valence-corrected chi connectivity index (χ1v) is 26.1. The summed E-state index contributed by atoms with van der Waals surface area (Å²) in [5.41, 5.74) is 10.9. The molecule has 2 atom stereocenters. The molecule has 0 spiro atoms. The quantitative estimate of drug-likeness (QED) is 0.0510. The van der Waals surface area contributed by atoms with Gasteiger partial charge in [-0.1, -0.05) is 43.3 Å². The van der Waals surface area contributed by atoms with Crippen LogP contribution in [0.3, 0.4) is 0 Å². The predicted octanol–water partition coefficient (Wildman–Crippen LogP) is 8.83. The molecule has 5 aliphatic heterocycles. The molecule has 5 aliphatic rings. The summed E-state index contributed by atoms with van der Waals surface area (Å²) < 4.78 is 30.9. The summed E-state index contributed by atoms with van der Waals surface area (Å²) in [6, 6.07) is 30.4. The molecule has 0 saturated carbocycles. The van der Waals surface area contributed by atoms with E-state index in [0.717, 1.165) is 83.4 Å². The third-order valence-corrected chi connectivity index (χ3v) is 14.8. The molecular formula is C59H64N4O11. The van der Waals surface area contributed by atoms with Crippen LogP contribution in [0.15, 0.2) is 91.0 Å². The van der Waals surface area contributed by atoms with E-state index in [1.807, 2.05) is 83.5 Å². The molecule has 5 heterocycles. The van der Waals surface area contributed by atoms with Gasteiger partial charge in [0, 0.05) is 79.2 Å². The van der Waals surface area contributed by atoms with E-state index >= 15 is 0 Å². The second-order valence-corrected chi connectivity index (χ2v) is 19.8. The number of anilines is 3. The minimum absolute atomic E-state index is 0.0172. The highest BCUT2D eigenvalue weighted by atomic mass is 16.7. The van der Waals surface area contributed by atoms with Crippen LogP contribution in [-0.2, 0) is 67.6 Å². The van der Waals surface area contributed by atoms with Gasteiger partial charge in [-0.2, -0.15) is 0 Å². The minimum Gasteiger partial charge on any atom is -0.493 e. The zero-order valence-electron chi connectivity index (χ0n) is 42.5. The summed E-state index contributed by atoms with van der Waals surface area (Å²) in [6.45, 7) is 7.16. The first-order valence-electron chi connectivity index (χ1n) is 26.1. The first-order chi connectivity index (χ1) is 36.1. The van der Waals surface area contributed by atoms with Gasteiger partial charge in [-0.3, -0.25) is 19.2 Å². The summed E-state index contributed by atoms with van der Waals surface area (Å²) in [5.74, 6) is -0.0684. The fourth-order valence-corrected chi connectivity index (χ4v) is 11.1. The van der Waals surface area contributed by atoms with E-state index in [-0.39, 0.29) is 56.4 Å². The lowest BCUT2D eigenvalue weighted by Crippen LogP contribution is -2.36. The monoisotopic (exact) mass is 1000 g/mol. The molecule has 0 aliphatic carbocycles. The number of carbonyl (C=O) groups is 5. The summed E-state index contributed by atoms with van der Waals surface area (Å²) in [5, 5.41) is 0.579. The van der Waals surface area contributed by atoms with E-state index in [4.69, 9.17) is 28.5 Å². The smallest absolute Gasteiger partial charge is 0.333 e. The maximum atomic E-state index is 14.2. The van der Waals surface area contributed by atoms with Crippen LogP contribution in [-0.4, -0.2) is 93.4 Å². The van der Waals surface area contributed by atoms with Gasteiger partial charge in [0.2, 0.25) is 0 Å². The van der Waals surface area contributed by atoms with Gasteiger partial charge in [-0.25, -0.2) is 4.79 Å². The Balaban J connectivity index is 0.915. The molecule has 0 N–H and O–H groups in total. The van der Waals surface area contributed by atoms with E-state index in [9.17, 15) is 24.0 Å². The molecule has 1 saturated heterocycles. The van der Waals surface area contributed by atoms with Crippen molar-refractivity contribution < 1.29 is 52.5 Å². The van der Waals surface area contributed by atoms with Gasteiger partial charge in [0.25, 0.3) is 23.6 Å². The number of hydroxylamine groups is 2. The van der Waals surface area contributed by atoms with Crippen molar-refractivity contribution >= 4 is 46.7 Å². The van der Waals surface area contributed by atoms with Crippen LogP contribution in [0.1, 0.15) is 112 Å². The average molecular weight is 1010 g/mol. The molecule has 5 aromatic rings. The normalized spacial score (nSPS) is 17.5. The SMILES string of the molecule is CCCOCCOCCN(CCCC(=O)ON1C(=O)CCC1=O)c1cc(COc2cc3c(cc2C)C(=O)N2c4ccccc4C[C@H]2CC3)cc(COc2cc3c(cc2OC)C(=O)N2c4ccccc4C[C@H]2CC3)c1. The van der Waals surface area contributed by atoms with Crippen molar-refractivity contribution in [3.63, 3.8) is 0 Å². The fourth-order valence-electron chi connectivity index (χ4n) is 11.1. The highest BCUT2D eigenvalue weighted by Gasteiger charge is 2.39. The molecule has 386 valence electrons. The Morgan fingerprint density at radius 2 is 1.19 bits per heavy atom. The number of benzene rings is 5. The van der Waals surface area contributed by atoms with Crippen LogP contribution in [0.4, 0.5) is 17.1 Å². The summed E-state index contributed by atoms with van der Waals surface area (Å²) in [6.07, 6.45) is 6.04. The zero-order valence-corrected chi connectivity index (χ0v) is 42.5. The minimum atomic E-state index is -0.668. The van der Waals surface area contributed by atoms with Crippen LogP contribution >= 0.6 is 0 Å². The number of amides is 4. The van der Waals surface area contributed by atoms with Crippen LogP contribution in [0.5, 0.6) is 17.2 Å².